The first-order chi connectivity index (χ1) is 56.3. The van der Waals surface area contributed by atoms with Crippen LogP contribution in [0.2, 0.25) is 0 Å². The Bertz CT molecular complexity index is 6560. The predicted molar refractivity (Wildman–Crippen MR) is 446 cm³/mol. The molecule has 0 saturated heterocycles. The molecule has 6 aromatic heterocycles. The molecule has 0 N–H and O–H groups in total. The molecule has 0 amide bonds. The summed E-state index contributed by atoms with van der Waals surface area (Å²) in [5, 5.41) is 3.04. The van der Waals surface area contributed by atoms with Gasteiger partial charge in [0, 0.05) is 93.9 Å². The second-order valence-corrected chi connectivity index (χ2v) is 27.3. The van der Waals surface area contributed by atoms with Gasteiger partial charge in [0.2, 0.25) is 5.69 Å². The van der Waals surface area contributed by atoms with Crippen molar-refractivity contribution >= 4 is 49.3 Å². The lowest BCUT2D eigenvalue weighted by Gasteiger charge is -2.21. The lowest BCUT2D eigenvalue weighted by molar-refractivity contribution is 0.589. The fraction of sp³-hybridized carbons (Fsp3) is 0. The summed E-state index contributed by atoms with van der Waals surface area (Å²) in [7, 11) is 0. The van der Waals surface area contributed by atoms with Crippen LogP contribution in [0.3, 0.4) is 0 Å². The zero-order valence-electron chi connectivity index (χ0n) is 60.4. The van der Waals surface area contributed by atoms with Gasteiger partial charge in [-0.25, -0.2) is 73.4 Å². The monoisotopic (exact) mass is 1470 g/mol. The maximum absolute atomic E-state index is 17.6. The zero-order valence-corrected chi connectivity index (χ0v) is 60.4. The zero-order chi connectivity index (χ0) is 76.2. The molecule has 0 fully saturated rings. The Balaban J connectivity index is 0.900. The van der Waals surface area contributed by atoms with Crippen LogP contribution in [-0.4, -0.2) is 68.9 Å². The molecule has 0 radical (unpaired) electrons. The van der Waals surface area contributed by atoms with Crippen LogP contribution in [0.15, 0.2) is 346 Å². The van der Waals surface area contributed by atoms with E-state index in [4.69, 9.17) is 59.8 Å². The van der Waals surface area contributed by atoms with Gasteiger partial charge < -0.3 is 9.13 Å². The second-order valence-electron chi connectivity index (χ2n) is 27.3. The van der Waals surface area contributed by atoms with Crippen molar-refractivity contribution in [2.24, 2.45) is 0 Å². The van der Waals surface area contributed by atoms with E-state index >= 15 is 8.78 Å². The van der Waals surface area contributed by atoms with Gasteiger partial charge in [-0.1, -0.05) is 303 Å². The number of aromatic nitrogens is 14. The maximum Gasteiger partial charge on any atom is 0.234 e. The third kappa shape index (κ3) is 12.4. The standard InChI is InChI=1S/C97H57F2N15/c1-100-84-78(113-79-55-67(94-105-86(59-27-10-2-11-28-59)101-87(106-94)60-29-12-3-13-30-60)45-49-71(79)72-50-46-68(56-80(72)113)95-107-88(61-31-14-4-15-32-61)102-89(108-95)62-33-16-5-17-34-62)54-53-75(83-76(98)43-26-44-77(83)99)85(84)114-81-57-69(96-109-90(63-35-18-6-19-36-63)103-91(110-96)64-37-20-7-21-38-64)47-51-73(81)74-52-48-70(58-82(74)114)97-111-92(65-39-22-8-23-40-65)104-93(112-97)66-41-24-9-25-42-66/h2-58H. The molecule has 0 aliphatic rings. The fourth-order valence-corrected chi connectivity index (χ4v) is 14.9. The van der Waals surface area contributed by atoms with Gasteiger partial charge in [0.15, 0.2) is 69.9 Å². The molecular weight excluding hydrogens is 1410 g/mol. The third-order valence-corrected chi connectivity index (χ3v) is 20.3. The highest BCUT2D eigenvalue weighted by Gasteiger charge is 2.30. The first kappa shape index (κ1) is 67.4. The van der Waals surface area contributed by atoms with E-state index in [0.29, 0.717) is 120 Å². The minimum atomic E-state index is -0.850. The second kappa shape index (κ2) is 28.6. The molecule has 20 rings (SSSR count). The summed E-state index contributed by atoms with van der Waals surface area (Å²) in [6.07, 6.45) is 0. The summed E-state index contributed by atoms with van der Waals surface area (Å²) in [6, 6.07) is 109. The van der Waals surface area contributed by atoms with Gasteiger partial charge in [0.25, 0.3) is 0 Å². The summed E-state index contributed by atoms with van der Waals surface area (Å²) in [4.78, 5) is 66.6. The highest BCUT2D eigenvalue weighted by atomic mass is 19.1. The Labute approximate surface area is 651 Å². The predicted octanol–water partition coefficient (Wildman–Crippen LogP) is 23.1. The maximum atomic E-state index is 17.6. The van der Waals surface area contributed by atoms with E-state index in [1.807, 2.05) is 325 Å². The number of halogens is 2. The number of rotatable bonds is 15. The van der Waals surface area contributed by atoms with E-state index in [-0.39, 0.29) is 22.5 Å². The Hall–Kier alpha value is -15.9. The molecule has 114 heavy (non-hydrogen) atoms. The van der Waals surface area contributed by atoms with Crippen LogP contribution in [0.5, 0.6) is 0 Å². The van der Waals surface area contributed by atoms with Crippen molar-refractivity contribution in [1.82, 2.24) is 68.9 Å². The minimum Gasteiger partial charge on any atom is -0.319 e. The highest BCUT2D eigenvalue weighted by Crippen LogP contribution is 2.49. The third-order valence-electron chi connectivity index (χ3n) is 20.3. The fourth-order valence-electron chi connectivity index (χ4n) is 14.9. The first-order valence-corrected chi connectivity index (χ1v) is 36.9. The van der Waals surface area contributed by atoms with Crippen LogP contribution in [-0.2, 0) is 0 Å². The molecule has 15 nitrogen and oxygen atoms in total. The van der Waals surface area contributed by atoms with E-state index in [1.54, 1.807) is 12.1 Å². The Morgan fingerprint density at radius 3 is 0.667 bits per heavy atom. The van der Waals surface area contributed by atoms with E-state index in [0.717, 1.165) is 66.1 Å². The summed E-state index contributed by atoms with van der Waals surface area (Å²) in [5.74, 6) is 3.40. The van der Waals surface area contributed by atoms with Gasteiger partial charge in [0.1, 0.15) is 11.6 Å². The molecule has 6 heterocycles. The van der Waals surface area contributed by atoms with Crippen molar-refractivity contribution in [1.29, 1.82) is 0 Å². The summed E-state index contributed by atoms with van der Waals surface area (Å²) >= 11 is 0. The molecule has 534 valence electrons. The lowest BCUT2D eigenvalue weighted by atomic mass is 9.99. The number of hydrogen-bond donors (Lipinski definition) is 0. The van der Waals surface area contributed by atoms with Crippen LogP contribution in [0.1, 0.15) is 0 Å². The molecule has 0 atom stereocenters. The number of nitrogens with zero attached hydrogens (tertiary/aromatic N) is 15. The largest absolute Gasteiger partial charge is 0.319 e. The Kier molecular flexibility index (Phi) is 16.9. The Morgan fingerprint density at radius 1 is 0.219 bits per heavy atom. The molecule has 0 bridgehead atoms. The average molecular weight is 1470 g/mol. The van der Waals surface area contributed by atoms with Gasteiger partial charge in [-0.3, -0.25) is 0 Å². The molecular formula is C97H57F2N15. The average Bonchev–Trinajstić information content (AvgIpc) is 1.54. The molecule has 14 aromatic carbocycles. The quantitative estimate of drug-likeness (QED) is 0.0892. The molecule has 0 spiro atoms. The van der Waals surface area contributed by atoms with Gasteiger partial charge in [-0.15, -0.1) is 0 Å². The van der Waals surface area contributed by atoms with Gasteiger partial charge in [-0.2, -0.15) is 0 Å². The van der Waals surface area contributed by atoms with Crippen molar-refractivity contribution in [3.8, 4) is 159 Å². The number of benzene rings is 14. The molecule has 0 unspecified atom stereocenters. The minimum absolute atomic E-state index is 0.0194. The summed E-state index contributed by atoms with van der Waals surface area (Å²) in [6.45, 7) is 9.98. The van der Waals surface area contributed by atoms with Crippen molar-refractivity contribution in [2.75, 3.05) is 0 Å². The first-order valence-electron chi connectivity index (χ1n) is 36.9. The normalized spacial score (nSPS) is 11.4. The van der Waals surface area contributed by atoms with Crippen LogP contribution >= 0.6 is 0 Å². The highest BCUT2D eigenvalue weighted by molar-refractivity contribution is 6.14. The molecule has 17 heteroatoms. The summed E-state index contributed by atoms with van der Waals surface area (Å²) < 4.78 is 39.3. The van der Waals surface area contributed by atoms with Crippen molar-refractivity contribution < 1.29 is 8.78 Å². The van der Waals surface area contributed by atoms with E-state index < -0.39 is 11.6 Å². The van der Waals surface area contributed by atoms with Gasteiger partial charge in [0.05, 0.1) is 45.6 Å². The van der Waals surface area contributed by atoms with Crippen LogP contribution < -0.4 is 0 Å². The lowest BCUT2D eigenvalue weighted by Crippen LogP contribution is -2.05. The number of fused-ring (bicyclic) bond motifs is 6. The van der Waals surface area contributed by atoms with Crippen molar-refractivity contribution in [3.63, 3.8) is 0 Å². The van der Waals surface area contributed by atoms with E-state index in [2.05, 4.69) is 4.85 Å². The van der Waals surface area contributed by atoms with Crippen molar-refractivity contribution in [2.45, 2.75) is 0 Å². The van der Waals surface area contributed by atoms with Crippen LogP contribution in [0, 0.1) is 18.2 Å². The number of hydrogen-bond acceptors (Lipinski definition) is 12. The smallest absolute Gasteiger partial charge is 0.234 e. The van der Waals surface area contributed by atoms with Gasteiger partial charge >= 0.3 is 0 Å². The van der Waals surface area contributed by atoms with E-state index in [9.17, 15) is 6.57 Å². The summed E-state index contributed by atoms with van der Waals surface area (Å²) in [5.41, 5.74) is 11.3. The van der Waals surface area contributed by atoms with Crippen LogP contribution in [0.4, 0.5) is 14.5 Å². The molecule has 0 aliphatic carbocycles. The molecule has 0 saturated carbocycles. The SMILES string of the molecule is [C-]#[N+]c1c(-n2c3cc(-c4nc(-c5ccccc5)nc(-c5ccccc5)n4)ccc3c3ccc(-c4nc(-c5ccccc5)nc(-c5ccccc5)n4)cc32)ccc(-c2c(F)cccc2F)c1-n1c2cc(-c3nc(-c4ccccc4)nc(-c4ccccc4)n3)ccc2c2ccc(-c3nc(-c4ccccc4)nc(-c4ccccc4)n3)cc21. The Morgan fingerprint density at radius 2 is 0.439 bits per heavy atom. The van der Waals surface area contributed by atoms with E-state index in [1.165, 1.54) is 18.2 Å². The molecule has 0 aliphatic heterocycles. The van der Waals surface area contributed by atoms with Crippen molar-refractivity contribution in [3.05, 3.63) is 369 Å². The van der Waals surface area contributed by atoms with Gasteiger partial charge in [-0.05, 0) is 42.5 Å². The molecule has 20 aromatic rings. The van der Waals surface area contributed by atoms with Crippen LogP contribution in [0.25, 0.3) is 208 Å². The topological polar surface area (TPSA) is 169 Å².